The topological polar surface area (TPSA) is 83.6 Å². The van der Waals surface area contributed by atoms with Gasteiger partial charge >= 0.3 is 0 Å². The normalized spacial score (nSPS) is 25.4. The average Bonchev–Trinajstić information content (AvgIpc) is 2.18. The maximum absolute atomic E-state index is 11.5. The average molecular weight is 200 g/mol. The lowest BCUT2D eigenvalue weighted by Crippen LogP contribution is -2.52. The molecular formula is C9H16N2O3. The molecule has 80 valence electrons. The number of imide groups is 1. The zero-order valence-corrected chi connectivity index (χ0v) is 8.27. The van der Waals surface area contributed by atoms with Crippen molar-refractivity contribution in [2.24, 2.45) is 11.7 Å². The van der Waals surface area contributed by atoms with E-state index in [1.807, 2.05) is 0 Å². The lowest BCUT2D eigenvalue weighted by molar-refractivity contribution is -0.150. The van der Waals surface area contributed by atoms with Gasteiger partial charge in [-0.15, -0.1) is 0 Å². The standard InChI is InChI=1S/C9H16N2O3/c1-6(5-12)4-11-8(13)3-2-7(10)9(11)14/h6-7,12H,2-5,10H2,1H3. The molecule has 1 saturated heterocycles. The predicted octanol–water partition coefficient (Wildman–Crippen LogP) is -0.909. The molecule has 0 radical (unpaired) electrons. The van der Waals surface area contributed by atoms with Crippen LogP contribution in [0.2, 0.25) is 0 Å². The van der Waals surface area contributed by atoms with Crippen LogP contribution in [0, 0.1) is 5.92 Å². The smallest absolute Gasteiger partial charge is 0.246 e. The van der Waals surface area contributed by atoms with Gasteiger partial charge in [0.2, 0.25) is 11.8 Å². The van der Waals surface area contributed by atoms with Crippen molar-refractivity contribution in [3.8, 4) is 0 Å². The summed E-state index contributed by atoms with van der Waals surface area (Å²) in [6.45, 7) is 2.01. The Morgan fingerprint density at radius 1 is 1.64 bits per heavy atom. The second kappa shape index (κ2) is 4.52. The highest BCUT2D eigenvalue weighted by molar-refractivity contribution is 6.00. The summed E-state index contributed by atoms with van der Waals surface area (Å²) in [6, 6.07) is -0.557. The third kappa shape index (κ3) is 2.30. The second-order valence-corrected chi connectivity index (χ2v) is 3.78. The number of piperidine rings is 1. The van der Waals surface area contributed by atoms with Crippen LogP contribution in [0.4, 0.5) is 0 Å². The summed E-state index contributed by atoms with van der Waals surface area (Å²) in [4.78, 5) is 24.0. The lowest BCUT2D eigenvalue weighted by atomic mass is 10.0. The van der Waals surface area contributed by atoms with Gasteiger partial charge in [-0.1, -0.05) is 6.92 Å². The Balaban J connectivity index is 2.63. The van der Waals surface area contributed by atoms with Gasteiger partial charge in [-0.3, -0.25) is 14.5 Å². The predicted molar refractivity (Wildman–Crippen MR) is 50.2 cm³/mol. The molecule has 2 amide bonds. The molecule has 1 rings (SSSR count). The van der Waals surface area contributed by atoms with E-state index in [0.29, 0.717) is 12.8 Å². The third-order valence-corrected chi connectivity index (χ3v) is 2.36. The van der Waals surface area contributed by atoms with Crippen molar-refractivity contribution in [3.63, 3.8) is 0 Å². The summed E-state index contributed by atoms with van der Waals surface area (Å²) in [5.74, 6) is -0.591. The number of carbonyl (C=O) groups excluding carboxylic acids is 2. The van der Waals surface area contributed by atoms with Crippen LogP contribution in [0.15, 0.2) is 0 Å². The minimum absolute atomic E-state index is 0.0354. The van der Waals surface area contributed by atoms with Gasteiger partial charge in [0.05, 0.1) is 6.04 Å². The molecule has 0 aromatic heterocycles. The molecule has 1 heterocycles. The van der Waals surface area contributed by atoms with Gasteiger partial charge < -0.3 is 10.8 Å². The molecule has 0 aromatic carbocycles. The Kier molecular flexibility index (Phi) is 3.60. The maximum Gasteiger partial charge on any atom is 0.246 e. The Morgan fingerprint density at radius 2 is 2.29 bits per heavy atom. The van der Waals surface area contributed by atoms with E-state index in [4.69, 9.17) is 10.8 Å². The summed E-state index contributed by atoms with van der Waals surface area (Å²) >= 11 is 0. The van der Waals surface area contributed by atoms with E-state index in [2.05, 4.69) is 0 Å². The fraction of sp³-hybridized carbons (Fsp3) is 0.778. The zero-order valence-electron chi connectivity index (χ0n) is 8.27. The fourth-order valence-corrected chi connectivity index (χ4v) is 1.42. The van der Waals surface area contributed by atoms with Gasteiger partial charge in [-0.25, -0.2) is 0 Å². The third-order valence-electron chi connectivity index (χ3n) is 2.36. The molecule has 0 aromatic rings. The number of rotatable bonds is 3. The number of aliphatic hydroxyl groups is 1. The van der Waals surface area contributed by atoms with E-state index in [0.717, 1.165) is 4.90 Å². The highest BCUT2D eigenvalue weighted by atomic mass is 16.3. The summed E-state index contributed by atoms with van der Waals surface area (Å²) in [6.07, 6.45) is 0.757. The minimum atomic E-state index is -0.557. The first-order chi connectivity index (χ1) is 6.56. The van der Waals surface area contributed by atoms with Crippen molar-refractivity contribution >= 4 is 11.8 Å². The number of amides is 2. The van der Waals surface area contributed by atoms with E-state index in [9.17, 15) is 9.59 Å². The molecule has 2 atom stereocenters. The Hall–Kier alpha value is -0.940. The molecule has 2 unspecified atom stereocenters. The monoisotopic (exact) mass is 200 g/mol. The van der Waals surface area contributed by atoms with Gasteiger partial charge in [0.25, 0.3) is 0 Å². The quantitative estimate of drug-likeness (QED) is 0.578. The molecule has 14 heavy (non-hydrogen) atoms. The first-order valence-electron chi connectivity index (χ1n) is 4.77. The highest BCUT2D eigenvalue weighted by Crippen LogP contribution is 2.13. The molecule has 0 aliphatic carbocycles. The summed E-state index contributed by atoms with van der Waals surface area (Å²) in [5.41, 5.74) is 5.54. The molecule has 1 fully saturated rings. The highest BCUT2D eigenvalue weighted by Gasteiger charge is 2.32. The number of aliphatic hydroxyl groups excluding tert-OH is 1. The Labute approximate surface area is 82.9 Å². The van der Waals surface area contributed by atoms with Crippen LogP contribution in [-0.4, -0.2) is 41.0 Å². The van der Waals surface area contributed by atoms with Crippen LogP contribution in [0.25, 0.3) is 0 Å². The molecule has 0 spiro atoms. The first kappa shape index (κ1) is 11.1. The van der Waals surface area contributed by atoms with E-state index in [1.165, 1.54) is 0 Å². The van der Waals surface area contributed by atoms with E-state index in [-0.39, 0.29) is 30.9 Å². The fourth-order valence-electron chi connectivity index (χ4n) is 1.42. The summed E-state index contributed by atoms with van der Waals surface area (Å²) in [7, 11) is 0. The maximum atomic E-state index is 11.5. The van der Waals surface area contributed by atoms with Crippen molar-refractivity contribution in [2.75, 3.05) is 13.2 Å². The number of hydrogen-bond acceptors (Lipinski definition) is 4. The molecule has 1 aliphatic rings. The van der Waals surface area contributed by atoms with Crippen molar-refractivity contribution in [1.29, 1.82) is 0 Å². The van der Waals surface area contributed by atoms with E-state index >= 15 is 0 Å². The SMILES string of the molecule is CC(CO)CN1C(=O)CCC(N)C1=O. The number of hydrogen-bond donors (Lipinski definition) is 2. The Bertz CT molecular complexity index is 242. The number of likely N-dealkylation sites (tertiary alicyclic amines) is 1. The largest absolute Gasteiger partial charge is 0.396 e. The Morgan fingerprint density at radius 3 is 2.86 bits per heavy atom. The van der Waals surface area contributed by atoms with Gasteiger partial charge in [-0.2, -0.15) is 0 Å². The molecule has 0 bridgehead atoms. The first-order valence-corrected chi connectivity index (χ1v) is 4.77. The van der Waals surface area contributed by atoms with Crippen molar-refractivity contribution in [1.82, 2.24) is 4.90 Å². The zero-order chi connectivity index (χ0) is 10.7. The van der Waals surface area contributed by atoms with E-state index in [1.54, 1.807) is 6.92 Å². The van der Waals surface area contributed by atoms with Crippen molar-refractivity contribution in [2.45, 2.75) is 25.8 Å². The molecular weight excluding hydrogens is 184 g/mol. The van der Waals surface area contributed by atoms with Crippen LogP contribution in [0.1, 0.15) is 19.8 Å². The van der Waals surface area contributed by atoms with Gasteiger partial charge in [0, 0.05) is 19.6 Å². The number of nitrogens with zero attached hydrogens (tertiary/aromatic N) is 1. The molecule has 0 saturated carbocycles. The van der Waals surface area contributed by atoms with Crippen LogP contribution in [-0.2, 0) is 9.59 Å². The van der Waals surface area contributed by atoms with Crippen molar-refractivity contribution < 1.29 is 14.7 Å². The van der Waals surface area contributed by atoms with Crippen LogP contribution >= 0.6 is 0 Å². The lowest BCUT2D eigenvalue weighted by Gasteiger charge is -2.30. The second-order valence-electron chi connectivity index (χ2n) is 3.78. The minimum Gasteiger partial charge on any atom is -0.396 e. The van der Waals surface area contributed by atoms with E-state index < -0.39 is 6.04 Å². The summed E-state index contributed by atoms with van der Waals surface area (Å²) < 4.78 is 0. The molecule has 5 nitrogen and oxygen atoms in total. The summed E-state index contributed by atoms with van der Waals surface area (Å²) in [5, 5.41) is 8.82. The molecule has 1 aliphatic heterocycles. The van der Waals surface area contributed by atoms with Gasteiger partial charge in [-0.05, 0) is 12.3 Å². The number of nitrogens with two attached hydrogens (primary N) is 1. The van der Waals surface area contributed by atoms with Crippen molar-refractivity contribution in [3.05, 3.63) is 0 Å². The van der Waals surface area contributed by atoms with Crippen LogP contribution in [0.3, 0.4) is 0 Å². The van der Waals surface area contributed by atoms with Crippen LogP contribution in [0.5, 0.6) is 0 Å². The van der Waals surface area contributed by atoms with Crippen LogP contribution < -0.4 is 5.73 Å². The van der Waals surface area contributed by atoms with Gasteiger partial charge in [0.15, 0.2) is 0 Å². The molecule has 5 heteroatoms. The number of carbonyl (C=O) groups is 2. The van der Waals surface area contributed by atoms with Gasteiger partial charge in [0.1, 0.15) is 0 Å². The molecule has 3 N–H and O–H groups in total.